The van der Waals surface area contributed by atoms with Crippen molar-refractivity contribution in [3.8, 4) is 11.8 Å². The van der Waals surface area contributed by atoms with Gasteiger partial charge in [0.25, 0.3) is 11.8 Å². The molecule has 45 heavy (non-hydrogen) atoms. The average Bonchev–Trinajstić information content (AvgIpc) is 3.75. The van der Waals surface area contributed by atoms with Crippen molar-refractivity contribution in [1.29, 1.82) is 0 Å². The van der Waals surface area contributed by atoms with Crippen LogP contribution in [0.15, 0.2) is 42.7 Å². The van der Waals surface area contributed by atoms with Gasteiger partial charge in [-0.25, -0.2) is 0 Å². The molecule has 3 aromatic rings. The molecule has 7 rings (SSSR count). The van der Waals surface area contributed by atoms with Crippen molar-refractivity contribution in [2.45, 2.75) is 63.8 Å². The van der Waals surface area contributed by atoms with Gasteiger partial charge in [0.1, 0.15) is 12.2 Å². The van der Waals surface area contributed by atoms with Gasteiger partial charge in [0.2, 0.25) is 0 Å². The molecular weight excluding hydrogens is 581 g/mol. The SMILES string of the molecule is CC#CC(=O)N1CC[C@H]2CN(Cc3cc4c(c(C(F)(F)F)c3)CN(c3cccc(C5(c6nncn6C)CC(C)C5)c3)C4=O)C[C@H]21. The van der Waals surface area contributed by atoms with Crippen LogP contribution >= 0.6 is 0 Å². The van der Waals surface area contributed by atoms with Crippen LogP contribution in [-0.2, 0) is 36.5 Å². The van der Waals surface area contributed by atoms with E-state index >= 15 is 0 Å². The van der Waals surface area contributed by atoms with Crippen molar-refractivity contribution in [2.24, 2.45) is 18.9 Å². The summed E-state index contributed by atoms with van der Waals surface area (Å²) in [5, 5.41) is 8.49. The summed E-state index contributed by atoms with van der Waals surface area (Å²) in [6, 6.07) is 10.4. The lowest BCUT2D eigenvalue weighted by atomic mass is 9.58. The highest BCUT2D eigenvalue weighted by atomic mass is 19.4. The number of alkyl halides is 3. The van der Waals surface area contributed by atoms with Gasteiger partial charge in [-0.2, -0.15) is 13.2 Å². The third-order valence-electron chi connectivity index (χ3n) is 10.2. The van der Waals surface area contributed by atoms with Gasteiger partial charge in [0, 0.05) is 50.5 Å². The molecule has 8 nitrogen and oxygen atoms in total. The van der Waals surface area contributed by atoms with Crippen LogP contribution in [0.3, 0.4) is 0 Å². The monoisotopic (exact) mass is 616 g/mol. The first-order chi connectivity index (χ1) is 21.5. The number of carbonyl (C=O) groups excluding carboxylic acids is 2. The van der Waals surface area contributed by atoms with E-state index in [-0.39, 0.29) is 47.5 Å². The third kappa shape index (κ3) is 4.90. The van der Waals surface area contributed by atoms with E-state index in [0.29, 0.717) is 36.8 Å². The lowest BCUT2D eigenvalue weighted by molar-refractivity contribution is -0.138. The number of anilines is 1. The molecule has 4 aliphatic rings. The number of hydrogen-bond acceptors (Lipinski definition) is 5. The van der Waals surface area contributed by atoms with Crippen molar-refractivity contribution in [1.82, 2.24) is 24.6 Å². The van der Waals surface area contributed by atoms with Crippen molar-refractivity contribution >= 4 is 17.5 Å². The third-order valence-corrected chi connectivity index (χ3v) is 10.2. The van der Waals surface area contributed by atoms with Crippen molar-refractivity contribution in [3.63, 3.8) is 0 Å². The molecule has 3 fully saturated rings. The second-order valence-corrected chi connectivity index (χ2v) is 13.2. The highest BCUT2D eigenvalue weighted by Crippen LogP contribution is 2.52. The van der Waals surface area contributed by atoms with Crippen LogP contribution in [-0.4, -0.2) is 62.1 Å². The van der Waals surface area contributed by atoms with Crippen LogP contribution in [0.1, 0.15) is 71.5 Å². The molecule has 3 aliphatic heterocycles. The van der Waals surface area contributed by atoms with E-state index in [1.54, 1.807) is 30.3 Å². The normalized spacial score (nSPS) is 26.0. The first-order valence-electron chi connectivity index (χ1n) is 15.4. The maximum atomic E-state index is 14.5. The Morgan fingerprint density at radius 3 is 2.64 bits per heavy atom. The molecule has 2 aromatic carbocycles. The lowest BCUT2D eigenvalue weighted by Gasteiger charge is -2.46. The second kappa shape index (κ2) is 10.7. The van der Waals surface area contributed by atoms with Gasteiger partial charge in [0.05, 0.1) is 17.5 Å². The number of amides is 2. The Kier molecular flexibility index (Phi) is 7.04. The number of benzene rings is 2. The Balaban J connectivity index is 1.17. The summed E-state index contributed by atoms with van der Waals surface area (Å²) in [6.07, 6.45) is -0.353. The second-order valence-electron chi connectivity index (χ2n) is 13.2. The van der Waals surface area contributed by atoms with Crippen LogP contribution in [0.25, 0.3) is 0 Å². The molecule has 0 N–H and O–H groups in total. The van der Waals surface area contributed by atoms with E-state index in [4.69, 9.17) is 0 Å². The summed E-state index contributed by atoms with van der Waals surface area (Å²) in [6.45, 7) is 5.83. The van der Waals surface area contributed by atoms with Gasteiger partial charge in [-0.3, -0.25) is 14.5 Å². The van der Waals surface area contributed by atoms with Crippen molar-refractivity contribution in [2.75, 3.05) is 24.5 Å². The van der Waals surface area contributed by atoms with E-state index in [9.17, 15) is 22.8 Å². The number of halogens is 3. The van der Waals surface area contributed by atoms with E-state index < -0.39 is 17.6 Å². The highest BCUT2D eigenvalue weighted by molar-refractivity contribution is 6.10. The van der Waals surface area contributed by atoms with Gasteiger partial charge in [-0.05, 0) is 84.9 Å². The predicted octanol–water partition coefficient (Wildman–Crippen LogP) is 4.77. The number of hydrogen-bond donors (Lipinski definition) is 0. The molecule has 0 unspecified atom stereocenters. The van der Waals surface area contributed by atoms with Gasteiger partial charge in [-0.15, -0.1) is 10.2 Å². The maximum absolute atomic E-state index is 14.5. The lowest BCUT2D eigenvalue weighted by Crippen LogP contribution is -2.43. The maximum Gasteiger partial charge on any atom is 0.416 e. The Hall–Kier alpha value is -4.17. The molecule has 4 heterocycles. The summed E-state index contributed by atoms with van der Waals surface area (Å²) in [4.78, 5) is 31.6. The molecule has 2 atom stereocenters. The van der Waals surface area contributed by atoms with Crippen LogP contribution < -0.4 is 4.90 Å². The fourth-order valence-corrected chi connectivity index (χ4v) is 8.25. The molecule has 0 bridgehead atoms. The Bertz CT molecular complexity index is 1750. The molecule has 11 heteroatoms. The van der Waals surface area contributed by atoms with Crippen LogP contribution in [0.5, 0.6) is 0 Å². The number of aromatic nitrogens is 3. The number of nitrogens with zero attached hydrogens (tertiary/aromatic N) is 6. The molecule has 0 spiro atoms. The average molecular weight is 617 g/mol. The first kappa shape index (κ1) is 29.5. The summed E-state index contributed by atoms with van der Waals surface area (Å²) in [5.74, 6) is 6.23. The minimum Gasteiger partial charge on any atom is -0.327 e. The molecule has 1 aromatic heterocycles. The Morgan fingerprint density at radius 1 is 1.16 bits per heavy atom. The zero-order valence-corrected chi connectivity index (χ0v) is 25.6. The standard InChI is InChI=1S/C34H35F3N6O2/c1-4-6-30(44)42-10-9-23-17-41(19-29(23)42)16-22-11-26-27(28(12-22)34(35,36)37)18-43(31(26)45)25-8-5-7-24(13-25)33(14-21(2)15-33)32-39-38-20-40(32)3/h5,7-8,11-13,20-21,23,29H,9-10,14-19H2,1-3H3/t21?,23-,29+,33?/m0/s1. The van der Waals surface area contributed by atoms with Gasteiger partial charge >= 0.3 is 6.18 Å². The molecular formula is C34H35F3N6O2. The van der Waals surface area contributed by atoms with E-state index in [0.717, 1.165) is 30.7 Å². The summed E-state index contributed by atoms with van der Waals surface area (Å²) < 4.78 is 45.4. The Labute approximate surface area is 260 Å². The predicted molar refractivity (Wildman–Crippen MR) is 161 cm³/mol. The smallest absolute Gasteiger partial charge is 0.327 e. The van der Waals surface area contributed by atoms with Gasteiger partial charge < -0.3 is 14.4 Å². The van der Waals surface area contributed by atoms with E-state index in [2.05, 4.69) is 33.9 Å². The highest BCUT2D eigenvalue weighted by Gasteiger charge is 2.49. The van der Waals surface area contributed by atoms with Crippen LogP contribution in [0, 0.1) is 23.7 Å². The zero-order chi connectivity index (χ0) is 31.7. The first-order valence-corrected chi connectivity index (χ1v) is 15.4. The minimum absolute atomic E-state index is 0.00255. The molecule has 1 saturated carbocycles. The molecule has 1 aliphatic carbocycles. The molecule has 2 amide bonds. The molecule has 234 valence electrons. The topological polar surface area (TPSA) is 74.6 Å². The van der Waals surface area contributed by atoms with Gasteiger partial charge in [0.15, 0.2) is 0 Å². The van der Waals surface area contributed by atoms with Crippen molar-refractivity contribution in [3.05, 3.63) is 76.4 Å². The van der Waals surface area contributed by atoms with E-state index in [1.807, 2.05) is 29.8 Å². The molecule has 2 saturated heterocycles. The molecule has 0 radical (unpaired) electrons. The number of likely N-dealkylation sites (tertiary alicyclic amines) is 2. The number of fused-ring (bicyclic) bond motifs is 2. The fraction of sp³-hybridized carbons (Fsp3) is 0.471. The quantitative estimate of drug-likeness (QED) is 0.387. The zero-order valence-electron chi connectivity index (χ0n) is 25.6. The summed E-state index contributed by atoms with van der Waals surface area (Å²) in [7, 11) is 1.91. The fourth-order valence-electron chi connectivity index (χ4n) is 8.25. The van der Waals surface area contributed by atoms with Crippen LogP contribution in [0.2, 0.25) is 0 Å². The number of aryl methyl sites for hydroxylation is 1. The Morgan fingerprint density at radius 2 is 1.96 bits per heavy atom. The summed E-state index contributed by atoms with van der Waals surface area (Å²) >= 11 is 0. The van der Waals surface area contributed by atoms with Gasteiger partial charge in [-0.1, -0.05) is 25.0 Å². The number of rotatable bonds is 5. The minimum atomic E-state index is -4.61. The summed E-state index contributed by atoms with van der Waals surface area (Å²) in [5.41, 5.74) is 0.969. The number of carbonyl (C=O) groups is 2. The van der Waals surface area contributed by atoms with Crippen molar-refractivity contribution < 1.29 is 22.8 Å². The van der Waals surface area contributed by atoms with E-state index in [1.165, 1.54) is 11.0 Å². The largest absolute Gasteiger partial charge is 0.416 e. The van der Waals surface area contributed by atoms with Crippen LogP contribution in [0.4, 0.5) is 18.9 Å².